The summed E-state index contributed by atoms with van der Waals surface area (Å²) in [7, 11) is 1.60. The summed E-state index contributed by atoms with van der Waals surface area (Å²) in [6.45, 7) is 1.46. The smallest absolute Gasteiger partial charge is 0.213 e. The molecule has 1 aliphatic rings. The number of pyridine rings is 2. The van der Waals surface area contributed by atoms with E-state index in [0.29, 0.717) is 23.4 Å². The maximum absolute atomic E-state index is 6.28. The van der Waals surface area contributed by atoms with Gasteiger partial charge >= 0.3 is 0 Å². The Morgan fingerprint density at radius 3 is 3.06 bits per heavy atom. The van der Waals surface area contributed by atoms with Crippen LogP contribution in [0.25, 0.3) is 11.0 Å². The number of fused-ring (bicyclic) bond motifs is 1. The molecular weight excluding hydrogens is 252 g/mol. The first kappa shape index (κ1) is 11.7. The molecule has 94 valence electrons. The maximum atomic E-state index is 6.28. The molecule has 1 aliphatic heterocycles. The van der Waals surface area contributed by atoms with Crippen molar-refractivity contribution in [3.8, 4) is 5.88 Å². The summed E-state index contributed by atoms with van der Waals surface area (Å²) in [5.41, 5.74) is 2.68. The van der Waals surface area contributed by atoms with Crippen LogP contribution in [0.1, 0.15) is 17.9 Å². The Bertz CT molecular complexity index is 582. The number of nitrogens with zero attached hydrogens (tertiary/aromatic N) is 2. The quantitative estimate of drug-likeness (QED) is 0.837. The molecule has 0 spiro atoms. The molecular formula is C13H13ClN2O2. The molecule has 4 nitrogen and oxygen atoms in total. The molecule has 0 aliphatic carbocycles. The van der Waals surface area contributed by atoms with Gasteiger partial charge in [-0.05, 0) is 12.5 Å². The van der Waals surface area contributed by atoms with Gasteiger partial charge in [0, 0.05) is 30.4 Å². The molecule has 5 heteroatoms. The lowest BCUT2D eigenvalue weighted by Crippen LogP contribution is -2.02. The summed E-state index contributed by atoms with van der Waals surface area (Å²) in [5.74, 6) is 0.870. The van der Waals surface area contributed by atoms with E-state index in [1.165, 1.54) is 0 Å². The zero-order valence-electron chi connectivity index (χ0n) is 10.0. The van der Waals surface area contributed by atoms with Crippen LogP contribution in [0.3, 0.4) is 0 Å². The Morgan fingerprint density at radius 2 is 2.33 bits per heavy atom. The van der Waals surface area contributed by atoms with E-state index >= 15 is 0 Å². The fourth-order valence-corrected chi connectivity index (χ4v) is 2.60. The lowest BCUT2D eigenvalue weighted by molar-refractivity contribution is 0.194. The fourth-order valence-electron chi connectivity index (χ4n) is 2.31. The molecule has 0 aromatic carbocycles. The number of halogens is 1. The average molecular weight is 265 g/mol. The predicted octanol–water partition coefficient (Wildman–Crippen LogP) is 2.80. The van der Waals surface area contributed by atoms with Gasteiger partial charge in [-0.15, -0.1) is 0 Å². The minimum atomic E-state index is 0.294. The highest BCUT2D eigenvalue weighted by atomic mass is 35.5. The van der Waals surface area contributed by atoms with Crippen LogP contribution in [0.4, 0.5) is 0 Å². The van der Waals surface area contributed by atoms with E-state index in [2.05, 4.69) is 9.97 Å². The summed E-state index contributed by atoms with van der Waals surface area (Å²) < 4.78 is 10.6. The van der Waals surface area contributed by atoms with E-state index in [1.54, 1.807) is 19.4 Å². The van der Waals surface area contributed by atoms with Crippen molar-refractivity contribution in [1.29, 1.82) is 0 Å². The third-order valence-corrected chi connectivity index (χ3v) is 3.53. The van der Waals surface area contributed by atoms with Crippen molar-refractivity contribution >= 4 is 22.6 Å². The molecule has 1 fully saturated rings. The highest BCUT2D eigenvalue weighted by molar-refractivity contribution is 6.32. The van der Waals surface area contributed by atoms with Crippen LogP contribution < -0.4 is 4.74 Å². The van der Waals surface area contributed by atoms with Gasteiger partial charge in [-0.2, -0.15) is 0 Å². The highest BCUT2D eigenvalue weighted by Crippen LogP contribution is 2.35. The van der Waals surface area contributed by atoms with E-state index in [4.69, 9.17) is 21.1 Å². The largest absolute Gasteiger partial charge is 0.481 e. The lowest BCUT2D eigenvalue weighted by atomic mass is 9.97. The van der Waals surface area contributed by atoms with Crippen molar-refractivity contribution in [2.24, 2.45) is 0 Å². The number of rotatable bonds is 2. The molecule has 2 aromatic heterocycles. The molecule has 1 saturated heterocycles. The second kappa shape index (κ2) is 4.71. The van der Waals surface area contributed by atoms with Gasteiger partial charge in [0.15, 0.2) is 0 Å². The standard InChI is InChI=1S/C13H13ClN2O2/c1-17-11-3-2-10-13(16-11)12(9(14)6-15-10)8-4-5-18-7-8/h2-3,6,8H,4-5,7H2,1H3. The monoisotopic (exact) mass is 264 g/mol. The van der Waals surface area contributed by atoms with Crippen molar-refractivity contribution < 1.29 is 9.47 Å². The fraction of sp³-hybridized carbons (Fsp3) is 0.385. The van der Waals surface area contributed by atoms with Crippen LogP contribution in [0.15, 0.2) is 18.3 Å². The van der Waals surface area contributed by atoms with Crippen molar-refractivity contribution in [2.75, 3.05) is 20.3 Å². The highest BCUT2D eigenvalue weighted by Gasteiger charge is 2.23. The van der Waals surface area contributed by atoms with Crippen molar-refractivity contribution in [3.63, 3.8) is 0 Å². The van der Waals surface area contributed by atoms with Gasteiger partial charge < -0.3 is 9.47 Å². The molecule has 0 bridgehead atoms. The SMILES string of the molecule is COc1ccc2ncc(Cl)c(C3CCOC3)c2n1. The van der Waals surface area contributed by atoms with Crippen molar-refractivity contribution in [3.05, 3.63) is 28.9 Å². The Morgan fingerprint density at radius 1 is 1.44 bits per heavy atom. The van der Waals surface area contributed by atoms with Gasteiger partial charge in [0.25, 0.3) is 0 Å². The van der Waals surface area contributed by atoms with Gasteiger partial charge in [-0.3, -0.25) is 4.98 Å². The zero-order valence-corrected chi connectivity index (χ0v) is 10.8. The summed E-state index contributed by atoms with van der Waals surface area (Å²) in [4.78, 5) is 8.77. The van der Waals surface area contributed by atoms with Crippen LogP contribution in [-0.2, 0) is 4.74 Å². The van der Waals surface area contributed by atoms with Crippen LogP contribution >= 0.6 is 11.6 Å². The Kier molecular flexibility index (Phi) is 3.06. The third-order valence-electron chi connectivity index (χ3n) is 3.22. The Labute approximate surface area is 110 Å². The van der Waals surface area contributed by atoms with Crippen LogP contribution in [-0.4, -0.2) is 30.3 Å². The van der Waals surface area contributed by atoms with Crippen LogP contribution in [0.5, 0.6) is 5.88 Å². The van der Waals surface area contributed by atoms with Crippen molar-refractivity contribution in [1.82, 2.24) is 9.97 Å². The van der Waals surface area contributed by atoms with E-state index in [0.717, 1.165) is 29.6 Å². The summed E-state index contributed by atoms with van der Waals surface area (Å²) in [5, 5.41) is 0.652. The minimum absolute atomic E-state index is 0.294. The Hall–Kier alpha value is -1.39. The van der Waals surface area contributed by atoms with Gasteiger partial charge in [0.2, 0.25) is 5.88 Å². The molecule has 18 heavy (non-hydrogen) atoms. The van der Waals surface area contributed by atoms with E-state index in [9.17, 15) is 0 Å². The lowest BCUT2D eigenvalue weighted by Gasteiger charge is -2.13. The molecule has 0 amide bonds. The summed E-state index contributed by atoms with van der Waals surface area (Å²) >= 11 is 6.28. The Balaban J connectivity index is 2.22. The number of hydrogen-bond acceptors (Lipinski definition) is 4. The number of methoxy groups -OCH3 is 1. The molecule has 3 heterocycles. The number of aromatic nitrogens is 2. The van der Waals surface area contributed by atoms with Crippen LogP contribution in [0, 0.1) is 0 Å². The van der Waals surface area contributed by atoms with E-state index in [-0.39, 0.29) is 0 Å². The molecule has 2 aromatic rings. The van der Waals surface area contributed by atoms with Gasteiger partial charge in [0.05, 0.1) is 29.8 Å². The zero-order chi connectivity index (χ0) is 12.5. The van der Waals surface area contributed by atoms with Gasteiger partial charge in [0.1, 0.15) is 0 Å². The van der Waals surface area contributed by atoms with Gasteiger partial charge in [-0.25, -0.2) is 4.98 Å². The molecule has 0 radical (unpaired) electrons. The van der Waals surface area contributed by atoms with Gasteiger partial charge in [-0.1, -0.05) is 11.6 Å². The first-order valence-electron chi connectivity index (χ1n) is 5.86. The molecule has 0 N–H and O–H groups in total. The second-order valence-corrected chi connectivity index (χ2v) is 4.71. The average Bonchev–Trinajstić information content (AvgIpc) is 2.91. The minimum Gasteiger partial charge on any atom is -0.481 e. The molecule has 1 atom stereocenters. The molecule has 1 unspecified atom stereocenters. The van der Waals surface area contributed by atoms with Crippen molar-refractivity contribution in [2.45, 2.75) is 12.3 Å². The first-order valence-corrected chi connectivity index (χ1v) is 6.24. The number of ether oxygens (including phenoxy) is 2. The van der Waals surface area contributed by atoms with E-state index in [1.807, 2.05) is 6.07 Å². The second-order valence-electron chi connectivity index (χ2n) is 4.30. The van der Waals surface area contributed by atoms with E-state index < -0.39 is 0 Å². The summed E-state index contributed by atoms with van der Waals surface area (Å²) in [6.07, 6.45) is 2.66. The van der Waals surface area contributed by atoms with Crippen LogP contribution in [0.2, 0.25) is 5.02 Å². The number of hydrogen-bond donors (Lipinski definition) is 0. The summed E-state index contributed by atoms with van der Waals surface area (Å²) in [6, 6.07) is 3.70. The third kappa shape index (κ3) is 1.91. The topological polar surface area (TPSA) is 44.2 Å². The molecule has 3 rings (SSSR count). The normalized spacial score (nSPS) is 19.3. The first-order chi connectivity index (χ1) is 8.79. The predicted molar refractivity (Wildman–Crippen MR) is 69.3 cm³/mol. The molecule has 0 saturated carbocycles. The maximum Gasteiger partial charge on any atom is 0.213 e.